The van der Waals surface area contributed by atoms with Gasteiger partial charge >= 0.3 is 0 Å². The maximum absolute atomic E-state index is 6.00. The van der Waals surface area contributed by atoms with Crippen LogP contribution in [0.1, 0.15) is 30.3 Å². The minimum absolute atomic E-state index is 0.256. The summed E-state index contributed by atoms with van der Waals surface area (Å²) in [6.45, 7) is 2.65. The number of aromatic nitrogens is 3. The van der Waals surface area contributed by atoms with E-state index in [1.807, 2.05) is 13.0 Å². The van der Waals surface area contributed by atoms with Crippen molar-refractivity contribution in [2.75, 3.05) is 13.7 Å². The average molecular weight is 262 g/mol. The van der Waals surface area contributed by atoms with Crippen molar-refractivity contribution in [2.45, 2.75) is 25.8 Å². The number of rotatable bonds is 6. The summed E-state index contributed by atoms with van der Waals surface area (Å²) in [5.41, 5.74) is 7.91. The smallest absolute Gasteiger partial charge is 0.243 e. The van der Waals surface area contributed by atoms with Gasteiger partial charge in [0.1, 0.15) is 0 Å². The first-order valence-electron chi connectivity index (χ1n) is 6.21. The second kappa shape index (κ2) is 6.40. The highest BCUT2D eigenvalue weighted by molar-refractivity contribution is 5.57. The van der Waals surface area contributed by atoms with Crippen LogP contribution in [0.2, 0.25) is 0 Å². The molecule has 2 rings (SSSR count). The second-order valence-electron chi connectivity index (χ2n) is 4.39. The zero-order valence-corrected chi connectivity index (χ0v) is 11.2. The highest BCUT2D eigenvalue weighted by Gasteiger charge is 2.16. The molecule has 0 radical (unpaired) electrons. The first-order valence-corrected chi connectivity index (χ1v) is 6.21. The number of methoxy groups -OCH3 is 1. The Morgan fingerprint density at radius 3 is 3.05 bits per heavy atom. The van der Waals surface area contributed by atoms with Crippen LogP contribution in [0, 0.1) is 6.92 Å². The Balaban J connectivity index is 2.09. The van der Waals surface area contributed by atoms with Crippen molar-refractivity contribution < 1.29 is 9.26 Å². The van der Waals surface area contributed by atoms with Crippen LogP contribution >= 0.6 is 0 Å². The largest absolute Gasteiger partial charge is 0.385 e. The van der Waals surface area contributed by atoms with E-state index in [2.05, 4.69) is 15.1 Å². The lowest BCUT2D eigenvalue weighted by atomic mass is 10.1. The number of hydrogen-bond donors (Lipinski definition) is 1. The average Bonchev–Trinajstić information content (AvgIpc) is 2.89. The quantitative estimate of drug-likeness (QED) is 0.799. The van der Waals surface area contributed by atoms with E-state index in [1.165, 1.54) is 0 Å². The van der Waals surface area contributed by atoms with E-state index in [9.17, 15) is 0 Å². The van der Waals surface area contributed by atoms with Crippen molar-refractivity contribution >= 4 is 0 Å². The molecule has 2 aromatic rings. The molecule has 0 aliphatic carbocycles. The SMILES string of the molecule is COCCCC(N)c1nc(-c2cnccc2C)no1. The van der Waals surface area contributed by atoms with Crippen LogP contribution in [0.3, 0.4) is 0 Å². The lowest BCUT2D eigenvalue weighted by Gasteiger charge is -2.05. The zero-order valence-electron chi connectivity index (χ0n) is 11.2. The van der Waals surface area contributed by atoms with Crippen LogP contribution in [0.25, 0.3) is 11.4 Å². The maximum Gasteiger partial charge on any atom is 0.243 e. The molecule has 0 aliphatic heterocycles. The fourth-order valence-corrected chi connectivity index (χ4v) is 1.76. The molecule has 6 heteroatoms. The summed E-state index contributed by atoms with van der Waals surface area (Å²) in [7, 11) is 1.67. The molecule has 0 aromatic carbocycles. The number of nitrogens with two attached hydrogens (primary N) is 1. The van der Waals surface area contributed by atoms with E-state index in [-0.39, 0.29) is 6.04 Å². The van der Waals surface area contributed by atoms with E-state index in [1.54, 1.807) is 19.5 Å². The normalized spacial score (nSPS) is 12.6. The third kappa shape index (κ3) is 3.36. The van der Waals surface area contributed by atoms with Crippen molar-refractivity contribution in [3.05, 3.63) is 29.9 Å². The Hall–Kier alpha value is -1.79. The highest BCUT2D eigenvalue weighted by Crippen LogP contribution is 2.21. The maximum atomic E-state index is 6.00. The predicted octanol–water partition coefficient (Wildman–Crippen LogP) is 1.87. The van der Waals surface area contributed by atoms with E-state index in [4.69, 9.17) is 15.0 Å². The van der Waals surface area contributed by atoms with Gasteiger partial charge in [-0.3, -0.25) is 4.98 Å². The number of aryl methyl sites for hydroxylation is 1. The third-order valence-electron chi connectivity index (χ3n) is 2.90. The lowest BCUT2D eigenvalue weighted by molar-refractivity contribution is 0.188. The van der Waals surface area contributed by atoms with E-state index < -0.39 is 0 Å². The van der Waals surface area contributed by atoms with Gasteiger partial charge in [0.25, 0.3) is 0 Å². The Morgan fingerprint density at radius 2 is 2.32 bits per heavy atom. The topological polar surface area (TPSA) is 87.1 Å². The summed E-state index contributed by atoms with van der Waals surface area (Å²) in [5.74, 6) is 0.983. The summed E-state index contributed by atoms with van der Waals surface area (Å²) in [5, 5.41) is 3.96. The van der Waals surface area contributed by atoms with Crippen molar-refractivity contribution in [3.8, 4) is 11.4 Å². The molecule has 2 heterocycles. The van der Waals surface area contributed by atoms with Gasteiger partial charge in [-0.2, -0.15) is 4.98 Å². The van der Waals surface area contributed by atoms with E-state index in [0.29, 0.717) is 18.3 Å². The number of pyridine rings is 1. The third-order valence-corrected chi connectivity index (χ3v) is 2.90. The molecule has 1 atom stereocenters. The van der Waals surface area contributed by atoms with Crippen molar-refractivity contribution in [1.82, 2.24) is 15.1 Å². The minimum atomic E-state index is -0.256. The van der Waals surface area contributed by atoms with Gasteiger partial charge < -0.3 is 15.0 Å². The van der Waals surface area contributed by atoms with E-state index >= 15 is 0 Å². The van der Waals surface area contributed by atoms with Crippen LogP contribution in [0.4, 0.5) is 0 Å². The monoisotopic (exact) mass is 262 g/mol. The Labute approximate surface area is 112 Å². The van der Waals surface area contributed by atoms with Gasteiger partial charge in [0.2, 0.25) is 11.7 Å². The molecule has 0 saturated heterocycles. The molecule has 0 aliphatic rings. The summed E-state index contributed by atoms with van der Waals surface area (Å²) >= 11 is 0. The predicted molar refractivity (Wildman–Crippen MR) is 70.3 cm³/mol. The van der Waals surface area contributed by atoms with Crippen LogP contribution in [0.15, 0.2) is 23.0 Å². The lowest BCUT2D eigenvalue weighted by Crippen LogP contribution is -2.11. The molecular formula is C13H18N4O2. The molecule has 0 fully saturated rings. The van der Waals surface area contributed by atoms with Gasteiger partial charge in [-0.1, -0.05) is 5.16 Å². The second-order valence-corrected chi connectivity index (χ2v) is 4.39. The zero-order chi connectivity index (χ0) is 13.7. The summed E-state index contributed by atoms with van der Waals surface area (Å²) in [4.78, 5) is 8.40. The first-order chi connectivity index (χ1) is 9.22. The van der Waals surface area contributed by atoms with Gasteiger partial charge in [-0.05, 0) is 31.4 Å². The van der Waals surface area contributed by atoms with Gasteiger partial charge in [0, 0.05) is 31.7 Å². The number of ether oxygens (including phenoxy) is 1. The van der Waals surface area contributed by atoms with Crippen molar-refractivity contribution in [1.29, 1.82) is 0 Å². The molecule has 0 saturated carbocycles. The molecule has 102 valence electrons. The van der Waals surface area contributed by atoms with Crippen LogP contribution < -0.4 is 5.73 Å². The fraction of sp³-hybridized carbons (Fsp3) is 0.462. The minimum Gasteiger partial charge on any atom is -0.385 e. The molecule has 19 heavy (non-hydrogen) atoms. The summed E-state index contributed by atoms with van der Waals surface area (Å²) in [6, 6.07) is 1.65. The van der Waals surface area contributed by atoms with Crippen molar-refractivity contribution in [2.24, 2.45) is 5.73 Å². The molecule has 6 nitrogen and oxygen atoms in total. The fourth-order valence-electron chi connectivity index (χ4n) is 1.76. The standard InChI is InChI=1S/C13H18N4O2/c1-9-5-6-15-8-10(9)12-16-13(19-17-12)11(14)4-3-7-18-2/h5-6,8,11H,3-4,7,14H2,1-2H3. The number of nitrogens with zero attached hydrogens (tertiary/aromatic N) is 3. The molecule has 0 spiro atoms. The van der Waals surface area contributed by atoms with Crippen molar-refractivity contribution in [3.63, 3.8) is 0 Å². The van der Waals surface area contributed by atoms with Gasteiger partial charge in [0.05, 0.1) is 6.04 Å². The van der Waals surface area contributed by atoms with E-state index in [0.717, 1.165) is 24.0 Å². The van der Waals surface area contributed by atoms with Crippen LogP contribution in [-0.2, 0) is 4.74 Å². The summed E-state index contributed by atoms with van der Waals surface area (Å²) < 4.78 is 10.2. The van der Waals surface area contributed by atoms with Gasteiger partial charge in [0.15, 0.2) is 0 Å². The van der Waals surface area contributed by atoms with Crippen LogP contribution in [0.5, 0.6) is 0 Å². The molecule has 0 amide bonds. The first kappa shape index (κ1) is 13.6. The van der Waals surface area contributed by atoms with Gasteiger partial charge in [-0.25, -0.2) is 0 Å². The molecule has 1 unspecified atom stereocenters. The highest BCUT2D eigenvalue weighted by atomic mass is 16.5. The molecule has 0 bridgehead atoms. The summed E-state index contributed by atoms with van der Waals surface area (Å²) in [6.07, 6.45) is 5.07. The van der Waals surface area contributed by atoms with Crippen LogP contribution in [-0.4, -0.2) is 28.8 Å². The number of hydrogen-bond acceptors (Lipinski definition) is 6. The molecular weight excluding hydrogens is 244 g/mol. The molecule has 2 N–H and O–H groups in total. The Bertz CT molecular complexity index is 527. The molecule has 2 aromatic heterocycles. The van der Waals surface area contributed by atoms with Gasteiger partial charge in [-0.15, -0.1) is 0 Å². The Kier molecular flexibility index (Phi) is 4.59. The Morgan fingerprint density at radius 1 is 1.47 bits per heavy atom.